The van der Waals surface area contributed by atoms with Gasteiger partial charge in [0.25, 0.3) is 0 Å². The van der Waals surface area contributed by atoms with Gasteiger partial charge in [-0.25, -0.2) is 0 Å². The van der Waals surface area contributed by atoms with E-state index in [2.05, 4.69) is 23.7 Å². The zero-order valence-corrected chi connectivity index (χ0v) is 8.55. The van der Waals surface area contributed by atoms with Crippen LogP contribution >= 0.6 is 11.8 Å². The first-order valence-corrected chi connectivity index (χ1v) is 5.13. The molecule has 0 aliphatic heterocycles. The minimum Gasteiger partial charge on any atom is -0.266 e. The van der Waals surface area contributed by atoms with Crippen LogP contribution in [0.25, 0.3) is 0 Å². The summed E-state index contributed by atoms with van der Waals surface area (Å²) in [6, 6.07) is 10.3. The lowest BCUT2D eigenvalue weighted by Gasteiger charge is -1.99. The average molecular weight is 191 g/mol. The Morgan fingerprint density at radius 2 is 2.15 bits per heavy atom. The van der Waals surface area contributed by atoms with Gasteiger partial charge in [0.2, 0.25) is 0 Å². The fourth-order valence-electron chi connectivity index (χ4n) is 0.898. The molecular formula is C11H13NS. The molecule has 0 saturated heterocycles. The number of benzene rings is 1. The molecule has 2 heteroatoms. The number of aliphatic imine (C=N–C) groups is 1. The van der Waals surface area contributed by atoms with Crippen molar-refractivity contribution in [2.45, 2.75) is 11.8 Å². The van der Waals surface area contributed by atoms with Crippen molar-refractivity contribution in [3.63, 3.8) is 0 Å². The molecular weight excluding hydrogens is 178 g/mol. The Bertz CT molecular complexity index is 290. The molecule has 0 bridgehead atoms. The van der Waals surface area contributed by atoms with E-state index in [1.165, 1.54) is 4.90 Å². The molecule has 0 atom stereocenters. The highest BCUT2D eigenvalue weighted by Gasteiger charge is 1.93. The van der Waals surface area contributed by atoms with E-state index in [4.69, 9.17) is 0 Å². The molecule has 0 fully saturated rings. The summed E-state index contributed by atoms with van der Waals surface area (Å²) in [7, 11) is 0. The molecule has 13 heavy (non-hydrogen) atoms. The molecule has 0 aromatic heterocycles. The van der Waals surface area contributed by atoms with Crippen LogP contribution in [-0.2, 0) is 0 Å². The van der Waals surface area contributed by atoms with Crippen LogP contribution in [0.1, 0.15) is 6.92 Å². The molecule has 0 radical (unpaired) electrons. The van der Waals surface area contributed by atoms with Gasteiger partial charge in [-0.2, -0.15) is 0 Å². The summed E-state index contributed by atoms with van der Waals surface area (Å²) in [6.07, 6.45) is 1.58. The zero-order valence-electron chi connectivity index (χ0n) is 7.73. The Morgan fingerprint density at radius 1 is 1.46 bits per heavy atom. The van der Waals surface area contributed by atoms with Crippen molar-refractivity contribution in [1.29, 1.82) is 0 Å². The number of hydrogen-bond acceptors (Lipinski definition) is 2. The van der Waals surface area contributed by atoms with Crippen molar-refractivity contribution in [3.05, 3.63) is 43.1 Å². The second-order valence-electron chi connectivity index (χ2n) is 2.65. The lowest BCUT2D eigenvalue weighted by molar-refractivity contribution is 1.45. The number of hydrogen-bond donors (Lipinski definition) is 0. The average Bonchev–Trinajstić information content (AvgIpc) is 2.17. The first kappa shape index (κ1) is 10.1. The molecule has 1 aromatic carbocycles. The van der Waals surface area contributed by atoms with E-state index in [9.17, 15) is 0 Å². The summed E-state index contributed by atoms with van der Waals surface area (Å²) in [5.41, 5.74) is 1.10. The Kier molecular flexibility index (Phi) is 4.33. The molecule has 0 heterocycles. The zero-order chi connectivity index (χ0) is 9.52. The van der Waals surface area contributed by atoms with Gasteiger partial charge in [-0.05, 0) is 19.1 Å². The highest BCUT2D eigenvalue weighted by molar-refractivity contribution is 8.00. The summed E-state index contributed by atoms with van der Waals surface area (Å²) in [5, 5.41) is 0. The fourth-order valence-corrected chi connectivity index (χ4v) is 1.70. The minimum atomic E-state index is 0.927. The van der Waals surface area contributed by atoms with Gasteiger partial charge in [-0.3, -0.25) is 4.99 Å². The number of thioether (sulfide) groups is 1. The molecule has 0 saturated carbocycles. The molecule has 1 nitrogen and oxygen atoms in total. The molecule has 0 amide bonds. The summed E-state index contributed by atoms with van der Waals surface area (Å²) in [4.78, 5) is 5.38. The lowest BCUT2D eigenvalue weighted by Crippen LogP contribution is -1.93. The largest absolute Gasteiger partial charge is 0.266 e. The quantitative estimate of drug-likeness (QED) is 0.525. The normalized spacial score (nSPS) is 11.3. The Hall–Kier alpha value is -1.02. The molecule has 0 spiro atoms. The SMILES string of the molecule is C=CN=C(C)CSc1ccccc1. The Balaban J connectivity index is 2.44. The standard InChI is InChI=1S/C11H13NS/c1-3-12-10(2)9-13-11-7-5-4-6-8-11/h3-8H,1,9H2,2H3. The third-order valence-corrected chi connectivity index (χ3v) is 2.67. The van der Waals surface area contributed by atoms with Crippen LogP contribution in [0.15, 0.2) is 53.0 Å². The van der Waals surface area contributed by atoms with Crippen LogP contribution in [0.3, 0.4) is 0 Å². The van der Waals surface area contributed by atoms with Crippen molar-refractivity contribution >= 4 is 17.5 Å². The van der Waals surface area contributed by atoms with Crippen molar-refractivity contribution in [3.8, 4) is 0 Å². The highest BCUT2D eigenvalue weighted by atomic mass is 32.2. The van der Waals surface area contributed by atoms with Crippen LogP contribution in [0, 0.1) is 0 Å². The van der Waals surface area contributed by atoms with E-state index >= 15 is 0 Å². The Labute approximate surface area is 83.6 Å². The minimum absolute atomic E-state index is 0.927. The smallest absolute Gasteiger partial charge is 0.0363 e. The maximum atomic E-state index is 4.10. The summed E-state index contributed by atoms with van der Waals surface area (Å²) < 4.78 is 0. The predicted molar refractivity (Wildman–Crippen MR) is 60.5 cm³/mol. The van der Waals surface area contributed by atoms with Gasteiger partial charge >= 0.3 is 0 Å². The maximum absolute atomic E-state index is 4.10. The van der Waals surface area contributed by atoms with E-state index < -0.39 is 0 Å². The van der Waals surface area contributed by atoms with E-state index in [0.29, 0.717) is 0 Å². The van der Waals surface area contributed by atoms with Crippen LogP contribution in [0.2, 0.25) is 0 Å². The van der Waals surface area contributed by atoms with E-state index in [-0.39, 0.29) is 0 Å². The van der Waals surface area contributed by atoms with E-state index in [1.807, 2.05) is 25.1 Å². The topological polar surface area (TPSA) is 12.4 Å². The molecule has 0 aliphatic rings. The van der Waals surface area contributed by atoms with E-state index in [1.54, 1.807) is 18.0 Å². The van der Waals surface area contributed by atoms with Crippen molar-refractivity contribution < 1.29 is 0 Å². The van der Waals surface area contributed by atoms with Crippen LogP contribution in [0.4, 0.5) is 0 Å². The number of nitrogens with zero attached hydrogens (tertiary/aromatic N) is 1. The first-order chi connectivity index (χ1) is 6.33. The van der Waals surface area contributed by atoms with Gasteiger partial charge in [-0.1, -0.05) is 24.8 Å². The van der Waals surface area contributed by atoms with Crippen LogP contribution in [-0.4, -0.2) is 11.5 Å². The van der Waals surface area contributed by atoms with Gasteiger partial charge < -0.3 is 0 Å². The van der Waals surface area contributed by atoms with Crippen LogP contribution in [0.5, 0.6) is 0 Å². The molecule has 0 N–H and O–H groups in total. The molecule has 0 aliphatic carbocycles. The molecule has 68 valence electrons. The van der Waals surface area contributed by atoms with Gasteiger partial charge in [0, 0.05) is 22.6 Å². The maximum Gasteiger partial charge on any atom is 0.0363 e. The number of rotatable bonds is 4. The molecule has 0 unspecified atom stereocenters. The van der Waals surface area contributed by atoms with Crippen molar-refractivity contribution in [1.82, 2.24) is 0 Å². The second-order valence-corrected chi connectivity index (χ2v) is 3.70. The third kappa shape index (κ3) is 3.95. The van der Waals surface area contributed by atoms with Gasteiger partial charge in [0.1, 0.15) is 0 Å². The lowest BCUT2D eigenvalue weighted by atomic mass is 10.4. The molecule has 1 aromatic rings. The Morgan fingerprint density at radius 3 is 2.77 bits per heavy atom. The summed E-state index contributed by atoms with van der Waals surface area (Å²) in [5.74, 6) is 0.927. The predicted octanol–water partition coefficient (Wildman–Crippen LogP) is 3.38. The van der Waals surface area contributed by atoms with Gasteiger partial charge in [0.15, 0.2) is 0 Å². The fraction of sp³-hybridized carbons (Fsp3) is 0.182. The van der Waals surface area contributed by atoms with Gasteiger partial charge in [-0.15, -0.1) is 11.8 Å². The summed E-state index contributed by atoms with van der Waals surface area (Å²) >= 11 is 1.79. The highest BCUT2D eigenvalue weighted by Crippen LogP contribution is 2.16. The monoisotopic (exact) mass is 191 g/mol. The first-order valence-electron chi connectivity index (χ1n) is 4.15. The molecule has 1 rings (SSSR count). The van der Waals surface area contributed by atoms with Crippen molar-refractivity contribution in [2.24, 2.45) is 4.99 Å². The van der Waals surface area contributed by atoms with Crippen LogP contribution < -0.4 is 0 Å². The van der Waals surface area contributed by atoms with E-state index in [0.717, 1.165) is 11.5 Å². The second kappa shape index (κ2) is 5.60. The van der Waals surface area contributed by atoms with Gasteiger partial charge in [0.05, 0.1) is 0 Å². The third-order valence-electron chi connectivity index (χ3n) is 1.50. The van der Waals surface area contributed by atoms with Crippen molar-refractivity contribution in [2.75, 3.05) is 5.75 Å². The summed E-state index contributed by atoms with van der Waals surface area (Å²) in [6.45, 7) is 5.57.